The van der Waals surface area contributed by atoms with Gasteiger partial charge in [-0.15, -0.1) is 0 Å². The van der Waals surface area contributed by atoms with E-state index < -0.39 is 6.10 Å². The summed E-state index contributed by atoms with van der Waals surface area (Å²) in [5, 5.41) is 18.0. The number of nitrogens with one attached hydrogen (secondary N) is 1. The normalized spacial score (nSPS) is 19.8. The van der Waals surface area contributed by atoms with Crippen molar-refractivity contribution < 1.29 is 9.84 Å². The van der Waals surface area contributed by atoms with Crippen LogP contribution < -0.4 is 5.32 Å². The average molecular weight is 342 g/mol. The molecule has 4 rings (SSSR count). The van der Waals surface area contributed by atoms with Gasteiger partial charge in [0, 0.05) is 49.2 Å². The van der Waals surface area contributed by atoms with E-state index in [0.717, 1.165) is 43.3 Å². The van der Waals surface area contributed by atoms with Crippen LogP contribution in [0.5, 0.6) is 0 Å². The molecule has 25 heavy (non-hydrogen) atoms. The van der Waals surface area contributed by atoms with E-state index >= 15 is 0 Å². The number of ether oxygens (including phenoxy) is 1. The number of hydrogen-bond donors (Lipinski definition) is 2. The molecule has 2 fully saturated rings. The van der Waals surface area contributed by atoms with Crippen LogP contribution in [0.15, 0.2) is 24.4 Å². The summed E-state index contributed by atoms with van der Waals surface area (Å²) >= 11 is 0. The Morgan fingerprint density at radius 3 is 2.80 bits per heavy atom. The minimum absolute atomic E-state index is 0.391. The highest BCUT2D eigenvalue weighted by Crippen LogP contribution is 2.41. The van der Waals surface area contributed by atoms with E-state index in [1.807, 2.05) is 12.1 Å². The molecule has 1 unspecified atom stereocenters. The monoisotopic (exact) mass is 342 g/mol. The van der Waals surface area contributed by atoms with Crippen LogP contribution in [0.3, 0.4) is 0 Å². The molecule has 3 heterocycles. The van der Waals surface area contributed by atoms with Crippen LogP contribution in [0, 0.1) is 0 Å². The molecule has 1 saturated carbocycles. The maximum Gasteiger partial charge on any atom is 0.129 e. The second kappa shape index (κ2) is 7.14. The Bertz CT molecular complexity index is 718. The van der Waals surface area contributed by atoms with Gasteiger partial charge in [0.2, 0.25) is 0 Å². The van der Waals surface area contributed by atoms with Gasteiger partial charge in [0.05, 0.1) is 17.8 Å². The first-order chi connectivity index (χ1) is 12.2. The molecule has 2 aromatic heterocycles. The van der Waals surface area contributed by atoms with Gasteiger partial charge in [-0.05, 0) is 44.7 Å². The largest absolute Gasteiger partial charge is 0.393 e. The van der Waals surface area contributed by atoms with Crippen molar-refractivity contribution in [2.75, 3.05) is 18.5 Å². The van der Waals surface area contributed by atoms with E-state index in [9.17, 15) is 5.11 Å². The molecule has 0 amide bonds. The molecule has 1 aliphatic heterocycles. The van der Waals surface area contributed by atoms with Gasteiger partial charge < -0.3 is 15.2 Å². The minimum Gasteiger partial charge on any atom is -0.393 e. The summed E-state index contributed by atoms with van der Waals surface area (Å²) in [6.07, 6.45) is 6.46. The molecule has 1 aliphatic carbocycles. The van der Waals surface area contributed by atoms with Crippen LogP contribution >= 0.6 is 0 Å². The smallest absolute Gasteiger partial charge is 0.129 e. The van der Waals surface area contributed by atoms with Crippen molar-refractivity contribution in [3.05, 3.63) is 35.8 Å². The minimum atomic E-state index is -0.392. The second-order valence-electron chi connectivity index (χ2n) is 7.23. The highest BCUT2D eigenvalue weighted by molar-refractivity contribution is 5.57. The third-order valence-electron chi connectivity index (χ3n) is 4.88. The Morgan fingerprint density at radius 2 is 2.08 bits per heavy atom. The summed E-state index contributed by atoms with van der Waals surface area (Å²) in [6, 6.07) is 6.55. The van der Waals surface area contributed by atoms with Gasteiger partial charge in [-0.1, -0.05) is 0 Å². The second-order valence-corrected chi connectivity index (χ2v) is 7.23. The standard InChI is InChI=1S/C19H26N4O2/c1-13(24)10-16-11-15(4-7-20-16)21-19-12-18(14-2-3-14)22-23(19)17-5-8-25-9-6-17/h4,7,11-14,17,24H,2-3,5-6,8-10H2,1H3,(H,20,21). The lowest BCUT2D eigenvalue weighted by Gasteiger charge is -2.24. The Balaban J connectivity index is 1.58. The highest BCUT2D eigenvalue weighted by Gasteiger charge is 2.29. The summed E-state index contributed by atoms with van der Waals surface area (Å²) in [5.41, 5.74) is 3.08. The Hall–Kier alpha value is -1.92. The van der Waals surface area contributed by atoms with Crippen LogP contribution in [0.4, 0.5) is 11.5 Å². The van der Waals surface area contributed by atoms with E-state index in [4.69, 9.17) is 9.84 Å². The first-order valence-electron chi connectivity index (χ1n) is 9.26. The van der Waals surface area contributed by atoms with Gasteiger partial charge in [0.15, 0.2) is 0 Å². The number of aliphatic hydroxyl groups is 1. The lowest BCUT2D eigenvalue weighted by molar-refractivity contribution is 0.0667. The number of aliphatic hydroxyl groups excluding tert-OH is 1. The molecule has 134 valence electrons. The number of rotatable bonds is 6. The fraction of sp³-hybridized carbons (Fsp3) is 0.579. The van der Waals surface area contributed by atoms with Gasteiger partial charge in [-0.3, -0.25) is 4.98 Å². The number of anilines is 2. The molecule has 2 N–H and O–H groups in total. The topological polar surface area (TPSA) is 72.2 Å². The van der Waals surface area contributed by atoms with Gasteiger partial charge in [0.25, 0.3) is 0 Å². The maximum absolute atomic E-state index is 9.59. The highest BCUT2D eigenvalue weighted by atomic mass is 16.5. The number of pyridine rings is 1. The summed E-state index contributed by atoms with van der Waals surface area (Å²) in [7, 11) is 0. The molecule has 2 aliphatic rings. The fourth-order valence-corrected chi connectivity index (χ4v) is 3.41. The van der Waals surface area contributed by atoms with Crippen LogP contribution in [0.2, 0.25) is 0 Å². The first kappa shape index (κ1) is 16.5. The molecular weight excluding hydrogens is 316 g/mol. The SMILES string of the molecule is CC(O)Cc1cc(Nc2cc(C3CC3)nn2C2CCOCC2)ccn1. The fourth-order valence-electron chi connectivity index (χ4n) is 3.41. The lowest BCUT2D eigenvalue weighted by atomic mass is 10.1. The maximum atomic E-state index is 9.59. The molecule has 6 nitrogen and oxygen atoms in total. The summed E-state index contributed by atoms with van der Waals surface area (Å²) in [6.45, 7) is 3.39. The van der Waals surface area contributed by atoms with Crippen molar-refractivity contribution in [2.24, 2.45) is 0 Å². The van der Waals surface area contributed by atoms with Crippen molar-refractivity contribution in [1.29, 1.82) is 0 Å². The Labute approximate surface area is 148 Å². The molecule has 2 aromatic rings. The predicted molar refractivity (Wildman–Crippen MR) is 96.2 cm³/mol. The van der Waals surface area contributed by atoms with E-state index in [1.54, 1.807) is 13.1 Å². The Morgan fingerprint density at radius 1 is 1.28 bits per heavy atom. The summed E-state index contributed by atoms with van der Waals surface area (Å²) in [4.78, 5) is 4.34. The zero-order chi connectivity index (χ0) is 17.2. The summed E-state index contributed by atoms with van der Waals surface area (Å²) < 4.78 is 7.66. The third-order valence-corrected chi connectivity index (χ3v) is 4.88. The predicted octanol–water partition coefficient (Wildman–Crippen LogP) is 3.17. The molecule has 0 bridgehead atoms. The first-order valence-corrected chi connectivity index (χ1v) is 9.26. The van der Waals surface area contributed by atoms with E-state index in [-0.39, 0.29) is 0 Å². The van der Waals surface area contributed by atoms with Crippen LogP contribution in [0.25, 0.3) is 0 Å². The average Bonchev–Trinajstić information content (AvgIpc) is 3.37. The zero-order valence-corrected chi connectivity index (χ0v) is 14.7. The van der Waals surface area contributed by atoms with E-state index in [1.165, 1.54) is 18.5 Å². The van der Waals surface area contributed by atoms with Crippen molar-refractivity contribution in [3.8, 4) is 0 Å². The van der Waals surface area contributed by atoms with E-state index in [2.05, 4.69) is 21.0 Å². The van der Waals surface area contributed by atoms with Gasteiger partial charge >= 0.3 is 0 Å². The molecule has 6 heteroatoms. The van der Waals surface area contributed by atoms with E-state index in [0.29, 0.717) is 18.4 Å². The molecule has 1 saturated heterocycles. The quantitative estimate of drug-likeness (QED) is 0.843. The van der Waals surface area contributed by atoms with Gasteiger partial charge in [0.1, 0.15) is 5.82 Å². The van der Waals surface area contributed by atoms with Crippen LogP contribution in [0.1, 0.15) is 56.0 Å². The molecule has 0 radical (unpaired) electrons. The van der Waals surface area contributed by atoms with Crippen LogP contribution in [-0.4, -0.2) is 39.2 Å². The van der Waals surface area contributed by atoms with Crippen LogP contribution in [-0.2, 0) is 11.2 Å². The number of aromatic nitrogens is 3. The zero-order valence-electron chi connectivity index (χ0n) is 14.7. The molecule has 0 spiro atoms. The van der Waals surface area contributed by atoms with Crippen molar-refractivity contribution >= 4 is 11.5 Å². The summed E-state index contributed by atoms with van der Waals surface area (Å²) in [5.74, 6) is 1.67. The molecule has 1 atom stereocenters. The van der Waals surface area contributed by atoms with Crippen molar-refractivity contribution in [1.82, 2.24) is 14.8 Å². The number of nitrogens with zero attached hydrogens (tertiary/aromatic N) is 3. The van der Waals surface area contributed by atoms with Gasteiger partial charge in [-0.2, -0.15) is 5.10 Å². The van der Waals surface area contributed by atoms with Gasteiger partial charge in [-0.25, -0.2) is 4.68 Å². The Kier molecular flexibility index (Phi) is 4.72. The lowest BCUT2D eigenvalue weighted by Crippen LogP contribution is -2.21. The van der Waals surface area contributed by atoms with Crippen molar-refractivity contribution in [2.45, 2.75) is 57.1 Å². The molecular formula is C19H26N4O2. The third kappa shape index (κ3) is 4.02. The number of hydrogen-bond acceptors (Lipinski definition) is 5. The van der Waals surface area contributed by atoms with Crippen molar-refractivity contribution in [3.63, 3.8) is 0 Å². The molecule has 0 aromatic carbocycles.